The standard InChI is InChI=1S/C15H16ClNO5S/c16-11-2-1-3-12(7-11)17-8-10(6-14(17)18)15(19)22-13-4-5-23(20,21)9-13/h1-3,7,10,13H,4-6,8-9H2. The molecule has 0 radical (unpaired) electrons. The molecule has 2 fully saturated rings. The van der Waals surface area contributed by atoms with Gasteiger partial charge in [-0.2, -0.15) is 0 Å². The Kier molecular flexibility index (Phi) is 4.33. The van der Waals surface area contributed by atoms with Gasteiger partial charge in [-0.25, -0.2) is 8.42 Å². The molecule has 1 aromatic rings. The molecule has 1 amide bonds. The summed E-state index contributed by atoms with van der Waals surface area (Å²) in [6.07, 6.45) is -0.208. The number of carbonyl (C=O) groups is 2. The van der Waals surface area contributed by atoms with Crippen LogP contribution in [0.4, 0.5) is 5.69 Å². The van der Waals surface area contributed by atoms with Gasteiger partial charge >= 0.3 is 5.97 Å². The number of nitrogens with zero attached hydrogens (tertiary/aromatic N) is 1. The summed E-state index contributed by atoms with van der Waals surface area (Å²) in [4.78, 5) is 25.8. The van der Waals surface area contributed by atoms with Gasteiger partial charge < -0.3 is 9.64 Å². The predicted octanol–water partition coefficient (Wildman–Crippen LogP) is 1.42. The number of esters is 1. The molecule has 23 heavy (non-hydrogen) atoms. The SMILES string of the molecule is O=C(OC1CCS(=O)(=O)C1)C1CC(=O)N(c2cccc(Cl)c2)C1. The van der Waals surface area contributed by atoms with Crippen molar-refractivity contribution >= 4 is 39.0 Å². The molecule has 124 valence electrons. The minimum absolute atomic E-state index is 0.0448. The zero-order valence-corrected chi connectivity index (χ0v) is 13.8. The van der Waals surface area contributed by atoms with E-state index in [1.807, 2.05) is 0 Å². The topological polar surface area (TPSA) is 80.8 Å². The fourth-order valence-electron chi connectivity index (χ4n) is 2.87. The molecule has 8 heteroatoms. The highest BCUT2D eigenvalue weighted by molar-refractivity contribution is 7.91. The van der Waals surface area contributed by atoms with E-state index in [9.17, 15) is 18.0 Å². The molecule has 0 N–H and O–H groups in total. The maximum absolute atomic E-state index is 12.2. The van der Waals surface area contributed by atoms with Gasteiger partial charge in [-0.3, -0.25) is 9.59 Å². The molecular weight excluding hydrogens is 342 g/mol. The van der Waals surface area contributed by atoms with Crippen LogP contribution >= 0.6 is 11.6 Å². The molecule has 0 saturated carbocycles. The number of carbonyl (C=O) groups excluding carboxylic acids is 2. The van der Waals surface area contributed by atoms with Crippen LogP contribution in [0.1, 0.15) is 12.8 Å². The molecule has 1 aromatic carbocycles. The molecule has 2 aliphatic rings. The van der Waals surface area contributed by atoms with E-state index in [0.29, 0.717) is 17.1 Å². The van der Waals surface area contributed by atoms with Crippen LogP contribution < -0.4 is 4.90 Å². The number of hydrogen-bond donors (Lipinski definition) is 0. The molecule has 6 nitrogen and oxygen atoms in total. The van der Waals surface area contributed by atoms with Crippen molar-refractivity contribution < 1.29 is 22.7 Å². The summed E-state index contributed by atoms with van der Waals surface area (Å²) in [5.74, 6) is -1.34. The van der Waals surface area contributed by atoms with Crippen LogP contribution in [0.25, 0.3) is 0 Å². The number of ether oxygens (including phenoxy) is 1. The Balaban J connectivity index is 1.64. The van der Waals surface area contributed by atoms with Crippen LogP contribution in [0, 0.1) is 5.92 Å². The van der Waals surface area contributed by atoms with Crippen molar-refractivity contribution in [1.82, 2.24) is 0 Å². The van der Waals surface area contributed by atoms with Gasteiger partial charge in [0.25, 0.3) is 0 Å². The maximum Gasteiger partial charge on any atom is 0.311 e. The highest BCUT2D eigenvalue weighted by atomic mass is 35.5. The lowest BCUT2D eigenvalue weighted by molar-refractivity contribution is -0.152. The van der Waals surface area contributed by atoms with Crippen molar-refractivity contribution in [1.29, 1.82) is 0 Å². The fourth-order valence-corrected chi connectivity index (χ4v) is 4.65. The molecule has 0 aromatic heterocycles. The monoisotopic (exact) mass is 357 g/mol. The molecule has 2 heterocycles. The lowest BCUT2D eigenvalue weighted by Crippen LogP contribution is -2.28. The molecule has 2 unspecified atom stereocenters. The van der Waals surface area contributed by atoms with Gasteiger partial charge in [0, 0.05) is 23.7 Å². The fraction of sp³-hybridized carbons (Fsp3) is 0.467. The Morgan fingerprint density at radius 3 is 2.78 bits per heavy atom. The predicted molar refractivity (Wildman–Crippen MR) is 85.1 cm³/mol. The Morgan fingerprint density at radius 2 is 2.13 bits per heavy atom. The van der Waals surface area contributed by atoms with Crippen LogP contribution in [-0.4, -0.2) is 44.4 Å². The third-order valence-electron chi connectivity index (χ3n) is 4.05. The van der Waals surface area contributed by atoms with Crippen LogP contribution in [0.3, 0.4) is 0 Å². The van der Waals surface area contributed by atoms with Crippen molar-refractivity contribution in [3.8, 4) is 0 Å². The summed E-state index contributed by atoms with van der Waals surface area (Å²) in [6.45, 7) is 0.220. The van der Waals surface area contributed by atoms with Crippen molar-refractivity contribution in [2.75, 3.05) is 23.0 Å². The Labute approximate surface area is 139 Å². The van der Waals surface area contributed by atoms with Crippen molar-refractivity contribution in [3.05, 3.63) is 29.3 Å². The molecule has 2 aliphatic heterocycles. The minimum atomic E-state index is -3.10. The summed E-state index contributed by atoms with van der Waals surface area (Å²) < 4.78 is 28.1. The van der Waals surface area contributed by atoms with Gasteiger partial charge in [0.2, 0.25) is 5.91 Å². The van der Waals surface area contributed by atoms with Gasteiger partial charge in [0.15, 0.2) is 9.84 Å². The van der Waals surface area contributed by atoms with E-state index in [-0.39, 0.29) is 30.4 Å². The van der Waals surface area contributed by atoms with Crippen molar-refractivity contribution in [2.45, 2.75) is 18.9 Å². The normalized spacial score (nSPS) is 26.5. The zero-order chi connectivity index (χ0) is 16.6. The number of benzene rings is 1. The van der Waals surface area contributed by atoms with Crippen molar-refractivity contribution in [2.24, 2.45) is 5.92 Å². The van der Waals surface area contributed by atoms with E-state index >= 15 is 0 Å². The molecule has 0 bridgehead atoms. The number of hydrogen-bond acceptors (Lipinski definition) is 5. The minimum Gasteiger partial charge on any atom is -0.461 e. The Bertz CT molecular complexity index is 748. The highest BCUT2D eigenvalue weighted by Crippen LogP contribution is 2.28. The van der Waals surface area contributed by atoms with Crippen molar-refractivity contribution in [3.63, 3.8) is 0 Å². The second-order valence-electron chi connectivity index (χ2n) is 5.85. The number of sulfone groups is 1. The summed E-state index contributed by atoms with van der Waals surface area (Å²) in [6, 6.07) is 6.86. The van der Waals surface area contributed by atoms with Gasteiger partial charge in [0.05, 0.1) is 17.4 Å². The Morgan fingerprint density at radius 1 is 1.35 bits per heavy atom. The van der Waals surface area contributed by atoms with E-state index in [2.05, 4.69) is 0 Å². The second kappa shape index (κ2) is 6.13. The van der Waals surface area contributed by atoms with E-state index in [4.69, 9.17) is 16.3 Å². The van der Waals surface area contributed by atoms with Gasteiger partial charge in [-0.15, -0.1) is 0 Å². The first-order valence-electron chi connectivity index (χ1n) is 7.31. The summed E-state index contributed by atoms with van der Waals surface area (Å²) in [5, 5.41) is 0.512. The first kappa shape index (κ1) is 16.3. The first-order valence-corrected chi connectivity index (χ1v) is 9.51. The van der Waals surface area contributed by atoms with Crippen LogP contribution in [0.5, 0.6) is 0 Å². The summed E-state index contributed by atoms with van der Waals surface area (Å²) in [7, 11) is -3.10. The van der Waals surface area contributed by atoms with Crippen LogP contribution in [0.15, 0.2) is 24.3 Å². The largest absolute Gasteiger partial charge is 0.461 e. The second-order valence-corrected chi connectivity index (χ2v) is 8.51. The number of halogens is 1. The molecule has 0 spiro atoms. The molecule has 2 atom stereocenters. The van der Waals surface area contributed by atoms with Gasteiger partial charge in [-0.05, 0) is 24.6 Å². The Hall–Kier alpha value is -1.60. The zero-order valence-electron chi connectivity index (χ0n) is 12.3. The summed E-state index contributed by atoms with van der Waals surface area (Å²) >= 11 is 5.92. The first-order chi connectivity index (χ1) is 10.8. The smallest absolute Gasteiger partial charge is 0.311 e. The molecule has 3 rings (SSSR count). The average Bonchev–Trinajstić information content (AvgIpc) is 3.01. The lowest BCUT2D eigenvalue weighted by Gasteiger charge is -2.17. The van der Waals surface area contributed by atoms with E-state index in [0.717, 1.165) is 0 Å². The lowest BCUT2D eigenvalue weighted by atomic mass is 10.1. The molecule has 2 saturated heterocycles. The van der Waals surface area contributed by atoms with Crippen LogP contribution in [0.2, 0.25) is 5.02 Å². The number of amides is 1. The van der Waals surface area contributed by atoms with E-state index in [1.165, 1.54) is 4.90 Å². The van der Waals surface area contributed by atoms with Crippen LogP contribution in [-0.2, 0) is 24.2 Å². The van der Waals surface area contributed by atoms with E-state index < -0.39 is 27.8 Å². The number of anilines is 1. The highest BCUT2D eigenvalue weighted by Gasteiger charge is 2.39. The number of rotatable bonds is 3. The third-order valence-corrected chi connectivity index (χ3v) is 6.02. The third kappa shape index (κ3) is 3.67. The van der Waals surface area contributed by atoms with Gasteiger partial charge in [0.1, 0.15) is 6.10 Å². The maximum atomic E-state index is 12.2. The van der Waals surface area contributed by atoms with Gasteiger partial charge in [-0.1, -0.05) is 17.7 Å². The molecule has 0 aliphatic carbocycles. The average molecular weight is 358 g/mol. The van der Waals surface area contributed by atoms with E-state index in [1.54, 1.807) is 24.3 Å². The summed E-state index contributed by atoms with van der Waals surface area (Å²) in [5.41, 5.74) is 0.640. The molecular formula is C15H16ClNO5S. The quantitative estimate of drug-likeness (QED) is 0.764.